The van der Waals surface area contributed by atoms with Crippen LogP contribution in [-0.4, -0.2) is 36.2 Å². The van der Waals surface area contributed by atoms with Crippen molar-refractivity contribution in [3.8, 4) is 0 Å². The molecule has 1 aliphatic rings. The van der Waals surface area contributed by atoms with Crippen LogP contribution in [0.15, 0.2) is 0 Å². The smallest absolute Gasteiger partial charge is 0.246 e. The maximum Gasteiger partial charge on any atom is 0.246 e. The topological polar surface area (TPSA) is 38.3 Å². The minimum Gasteiger partial charge on any atom is -0.366 e. The Bertz CT molecular complexity index is 207. The number of nitrogens with one attached hydrogen (secondary N) is 1. The van der Waals surface area contributed by atoms with Crippen LogP contribution in [0, 0.1) is 5.92 Å². The lowest BCUT2D eigenvalue weighted by molar-refractivity contribution is -0.130. The Kier molecular flexibility index (Phi) is 4.93. The number of hydrogen-bond acceptors (Lipinski definition) is 3. The molecule has 1 N–H and O–H groups in total. The van der Waals surface area contributed by atoms with Crippen molar-refractivity contribution in [3.63, 3.8) is 0 Å². The van der Waals surface area contributed by atoms with Crippen LogP contribution in [0.1, 0.15) is 27.2 Å². The van der Waals surface area contributed by atoms with E-state index in [-0.39, 0.29) is 18.1 Å². The highest BCUT2D eigenvalue weighted by Gasteiger charge is 2.17. The molecule has 1 atom stereocenters. The van der Waals surface area contributed by atoms with Gasteiger partial charge in [0.25, 0.3) is 0 Å². The molecule has 1 rings (SSSR count). The monoisotopic (exact) mass is 231 g/mol. The maximum absolute atomic E-state index is 11.4. The summed E-state index contributed by atoms with van der Waals surface area (Å²) in [5.41, 5.74) is -0.236. The minimum atomic E-state index is -0.236. The Hall–Kier alpha value is -0.220. The third-order valence-corrected chi connectivity index (χ3v) is 3.48. The fourth-order valence-electron chi connectivity index (χ4n) is 1.34. The highest BCUT2D eigenvalue weighted by molar-refractivity contribution is 7.99. The van der Waals surface area contributed by atoms with Crippen LogP contribution < -0.4 is 5.32 Å². The number of amides is 1. The molecule has 1 saturated heterocycles. The zero-order valence-corrected chi connectivity index (χ0v) is 10.7. The molecule has 0 aliphatic carbocycles. The normalized spacial score (nSPS) is 21.7. The van der Waals surface area contributed by atoms with Crippen LogP contribution in [0.2, 0.25) is 0 Å². The molecular weight excluding hydrogens is 210 g/mol. The van der Waals surface area contributed by atoms with Crippen LogP contribution in [0.4, 0.5) is 0 Å². The molecule has 0 saturated carbocycles. The average molecular weight is 231 g/mol. The first-order valence-electron chi connectivity index (χ1n) is 5.46. The van der Waals surface area contributed by atoms with Crippen molar-refractivity contribution < 1.29 is 9.53 Å². The number of hydrogen-bond donors (Lipinski definition) is 1. The van der Waals surface area contributed by atoms with Crippen LogP contribution in [0.3, 0.4) is 0 Å². The summed E-state index contributed by atoms with van der Waals surface area (Å²) in [6, 6.07) is 0. The summed E-state index contributed by atoms with van der Waals surface area (Å²) in [4.78, 5) is 11.4. The molecule has 15 heavy (non-hydrogen) atoms. The largest absolute Gasteiger partial charge is 0.366 e. The zero-order valence-electron chi connectivity index (χ0n) is 9.84. The fraction of sp³-hybridized carbons (Fsp3) is 0.909. The second-order valence-corrected chi connectivity index (χ2v) is 6.08. The van der Waals surface area contributed by atoms with Gasteiger partial charge in [-0.3, -0.25) is 4.79 Å². The van der Waals surface area contributed by atoms with E-state index in [1.807, 2.05) is 32.5 Å². The standard InChI is InChI=1S/C11H21NO2S/c1-11(2,3)14-7-10(13)12-6-9-4-5-15-8-9/h9H,4-8H2,1-3H3,(H,12,13). The number of carbonyl (C=O) groups excluding carboxylic acids is 1. The molecule has 1 fully saturated rings. The zero-order chi connectivity index (χ0) is 11.3. The van der Waals surface area contributed by atoms with Gasteiger partial charge >= 0.3 is 0 Å². The molecule has 0 spiro atoms. The van der Waals surface area contributed by atoms with E-state index < -0.39 is 0 Å². The van der Waals surface area contributed by atoms with Crippen LogP contribution in [0.5, 0.6) is 0 Å². The van der Waals surface area contributed by atoms with Gasteiger partial charge in [0.1, 0.15) is 6.61 Å². The van der Waals surface area contributed by atoms with Gasteiger partial charge < -0.3 is 10.1 Å². The van der Waals surface area contributed by atoms with E-state index in [4.69, 9.17) is 4.74 Å². The summed E-state index contributed by atoms with van der Waals surface area (Å²) >= 11 is 1.97. The van der Waals surface area contributed by atoms with E-state index in [0.717, 1.165) is 6.54 Å². The van der Waals surface area contributed by atoms with E-state index in [1.54, 1.807) is 0 Å². The molecule has 0 bridgehead atoms. The third-order valence-electron chi connectivity index (χ3n) is 2.25. The average Bonchev–Trinajstić information content (AvgIpc) is 2.62. The van der Waals surface area contributed by atoms with Gasteiger partial charge in [0, 0.05) is 6.54 Å². The van der Waals surface area contributed by atoms with E-state index in [0.29, 0.717) is 5.92 Å². The third kappa shape index (κ3) is 6.05. The van der Waals surface area contributed by atoms with Crippen molar-refractivity contribution in [3.05, 3.63) is 0 Å². The number of rotatable bonds is 4. The van der Waals surface area contributed by atoms with Crippen molar-refractivity contribution >= 4 is 17.7 Å². The fourth-order valence-corrected chi connectivity index (χ4v) is 2.62. The van der Waals surface area contributed by atoms with E-state index in [2.05, 4.69) is 5.32 Å². The van der Waals surface area contributed by atoms with Crippen molar-refractivity contribution in [1.82, 2.24) is 5.32 Å². The lowest BCUT2D eigenvalue weighted by Gasteiger charge is -2.19. The molecule has 4 heteroatoms. The minimum absolute atomic E-state index is 0.00169. The predicted molar refractivity (Wildman–Crippen MR) is 64.1 cm³/mol. The molecule has 0 aromatic heterocycles. The molecular formula is C11H21NO2S. The summed E-state index contributed by atoms with van der Waals surface area (Å²) in [6.07, 6.45) is 1.23. The van der Waals surface area contributed by atoms with Gasteiger partial charge in [-0.2, -0.15) is 11.8 Å². The molecule has 1 aliphatic heterocycles. The first kappa shape index (κ1) is 12.8. The maximum atomic E-state index is 11.4. The van der Waals surface area contributed by atoms with Crippen molar-refractivity contribution in [1.29, 1.82) is 0 Å². The summed E-state index contributed by atoms with van der Waals surface area (Å²) < 4.78 is 5.39. The number of carbonyl (C=O) groups is 1. The van der Waals surface area contributed by atoms with Gasteiger partial charge in [-0.05, 0) is 44.6 Å². The van der Waals surface area contributed by atoms with Crippen LogP contribution in [-0.2, 0) is 9.53 Å². The van der Waals surface area contributed by atoms with Gasteiger partial charge in [0.15, 0.2) is 0 Å². The first-order chi connectivity index (χ1) is 6.97. The molecule has 0 aromatic rings. The number of ether oxygens (including phenoxy) is 1. The summed E-state index contributed by atoms with van der Waals surface area (Å²) in [6.45, 7) is 6.83. The van der Waals surface area contributed by atoms with Gasteiger partial charge in [0.05, 0.1) is 5.60 Å². The quantitative estimate of drug-likeness (QED) is 0.800. The molecule has 0 radical (unpaired) electrons. The second-order valence-electron chi connectivity index (χ2n) is 4.93. The molecule has 1 unspecified atom stereocenters. The molecule has 1 heterocycles. The summed E-state index contributed by atoms with van der Waals surface area (Å²) in [5, 5.41) is 2.92. The Morgan fingerprint density at radius 2 is 2.27 bits per heavy atom. The van der Waals surface area contributed by atoms with E-state index in [1.165, 1.54) is 17.9 Å². The lowest BCUT2D eigenvalue weighted by Crippen LogP contribution is -2.35. The molecule has 88 valence electrons. The van der Waals surface area contributed by atoms with E-state index in [9.17, 15) is 4.79 Å². The highest BCUT2D eigenvalue weighted by Crippen LogP contribution is 2.22. The van der Waals surface area contributed by atoms with Crippen LogP contribution >= 0.6 is 11.8 Å². The van der Waals surface area contributed by atoms with Crippen molar-refractivity contribution in [2.45, 2.75) is 32.8 Å². The van der Waals surface area contributed by atoms with Gasteiger partial charge in [-0.25, -0.2) is 0 Å². The Morgan fingerprint density at radius 1 is 1.53 bits per heavy atom. The van der Waals surface area contributed by atoms with Gasteiger partial charge in [0.2, 0.25) is 5.91 Å². The van der Waals surface area contributed by atoms with Gasteiger partial charge in [-0.1, -0.05) is 0 Å². The SMILES string of the molecule is CC(C)(C)OCC(=O)NCC1CCSC1. The Labute approximate surface area is 96.3 Å². The predicted octanol–water partition coefficient (Wildman–Crippen LogP) is 1.67. The Balaban J connectivity index is 2.08. The van der Waals surface area contributed by atoms with E-state index >= 15 is 0 Å². The van der Waals surface area contributed by atoms with Crippen molar-refractivity contribution in [2.75, 3.05) is 24.7 Å². The number of thioether (sulfide) groups is 1. The van der Waals surface area contributed by atoms with Crippen LogP contribution in [0.25, 0.3) is 0 Å². The van der Waals surface area contributed by atoms with Gasteiger partial charge in [-0.15, -0.1) is 0 Å². The first-order valence-corrected chi connectivity index (χ1v) is 6.61. The molecule has 3 nitrogen and oxygen atoms in total. The van der Waals surface area contributed by atoms with Crippen molar-refractivity contribution in [2.24, 2.45) is 5.92 Å². The lowest BCUT2D eigenvalue weighted by atomic mass is 10.1. The summed E-state index contributed by atoms with van der Waals surface area (Å²) in [7, 11) is 0. The Morgan fingerprint density at radius 3 is 2.80 bits per heavy atom. The molecule has 0 aromatic carbocycles. The molecule has 1 amide bonds. The second kappa shape index (κ2) is 5.75. The highest BCUT2D eigenvalue weighted by atomic mass is 32.2. The summed E-state index contributed by atoms with van der Waals surface area (Å²) in [5.74, 6) is 3.08.